The highest BCUT2D eigenvalue weighted by Gasteiger charge is 2.17. The second kappa shape index (κ2) is 9.87. The fourth-order valence-corrected chi connectivity index (χ4v) is 3.74. The Morgan fingerprint density at radius 2 is 1.94 bits per heavy atom. The van der Waals surface area contributed by atoms with Crippen LogP contribution in [-0.4, -0.2) is 32.6 Å². The summed E-state index contributed by atoms with van der Waals surface area (Å²) in [5.41, 5.74) is 5.34. The average Bonchev–Trinajstić information content (AvgIpc) is 3.15. The summed E-state index contributed by atoms with van der Waals surface area (Å²) >= 11 is 1.29. The van der Waals surface area contributed by atoms with Gasteiger partial charge in [0.2, 0.25) is 0 Å². The lowest BCUT2D eigenvalue weighted by Gasteiger charge is -2.19. The highest BCUT2D eigenvalue weighted by atomic mass is 32.2. The zero-order valence-corrected chi connectivity index (χ0v) is 18.9. The van der Waals surface area contributed by atoms with Crippen molar-refractivity contribution >= 4 is 23.9 Å². The number of nitrogens with one attached hydrogen (secondary N) is 1. The van der Waals surface area contributed by atoms with Crippen molar-refractivity contribution in [3.8, 4) is 11.4 Å². The third-order valence-electron chi connectivity index (χ3n) is 4.63. The molecule has 8 heteroatoms. The first-order chi connectivity index (χ1) is 14.8. The van der Waals surface area contributed by atoms with Gasteiger partial charge in [-0.1, -0.05) is 68.9 Å². The molecule has 1 heterocycles. The summed E-state index contributed by atoms with van der Waals surface area (Å²) in [7, 11) is 0. The van der Waals surface area contributed by atoms with Gasteiger partial charge in [0.15, 0.2) is 11.0 Å². The molecular formula is C23H26FN5OS. The normalized spacial score (nSPS) is 11.8. The van der Waals surface area contributed by atoms with Crippen molar-refractivity contribution in [3.63, 3.8) is 0 Å². The van der Waals surface area contributed by atoms with Crippen LogP contribution in [0.4, 0.5) is 4.39 Å². The molecule has 3 rings (SSSR count). The number of carbonyl (C=O) groups is 1. The first-order valence-corrected chi connectivity index (χ1v) is 11.0. The van der Waals surface area contributed by atoms with Crippen LogP contribution < -0.4 is 5.43 Å². The summed E-state index contributed by atoms with van der Waals surface area (Å²) in [5.74, 6) is 0.282. The summed E-state index contributed by atoms with van der Waals surface area (Å²) in [6.45, 7) is 9.24. The number of hydrogen-bond acceptors (Lipinski definition) is 5. The molecule has 3 aromatic rings. The van der Waals surface area contributed by atoms with Crippen LogP contribution in [0.5, 0.6) is 0 Å². The van der Waals surface area contributed by atoms with Gasteiger partial charge in [0.25, 0.3) is 5.91 Å². The number of hydrogen-bond donors (Lipinski definition) is 1. The predicted octanol–water partition coefficient (Wildman–Crippen LogP) is 4.64. The van der Waals surface area contributed by atoms with Crippen LogP contribution in [0.15, 0.2) is 58.8 Å². The van der Waals surface area contributed by atoms with Gasteiger partial charge in [0, 0.05) is 12.1 Å². The number of nitrogens with zero attached hydrogens (tertiary/aromatic N) is 4. The fourth-order valence-electron chi connectivity index (χ4n) is 2.94. The van der Waals surface area contributed by atoms with Crippen LogP contribution in [-0.2, 0) is 16.8 Å². The van der Waals surface area contributed by atoms with E-state index >= 15 is 0 Å². The predicted molar refractivity (Wildman–Crippen MR) is 123 cm³/mol. The van der Waals surface area contributed by atoms with Crippen molar-refractivity contribution in [2.45, 2.75) is 44.8 Å². The number of aromatic nitrogens is 3. The molecule has 1 aromatic heterocycles. The van der Waals surface area contributed by atoms with Gasteiger partial charge in [0.1, 0.15) is 5.82 Å². The summed E-state index contributed by atoms with van der Waals surface area (Å²) in [6, 6.07) is 14.3. The highest BCUT2D eigenvalue weighted by Crippen LogP contribution is 2.27. The third kappa shape index (κ3) is 6.01. The number of benzene rings is 2. The van der Waals surface area contributed by atoms with Crippen molar-refractivity contribution in [1.82, 2.24) is 20.2 Å². The standard InChI is InChI=1S/C23H26FN5OS/c1-5-29-21(17-9-11-18(12-10-17)23(2,3)4)27-28-22(29)31-15-20(30)26-25-14-16-7-6-8-19(24)13-16/h6-14H,5,15H2,1-4H3,(H,26,30)/b25-14-. The molecule has 0 saturated heterocycles. The topological polar surface area (TPSA) is 72.2 Å². The molecule has 0 aliphatic rings. The van der Waals surface area contributed by atoms with E-state index in [-0.39, 0.29) is 22.9 Å². The van der Waals surface area contributed by atoms with E-state index in [1.807, 2.05) is 11.5 Å². The van der Waals surface area contributed by atoms with Crippen molar-refractivity contribution < 1.29 is 9.18 Å². The van der Waals surface area contributed by atoms with E-state index < -0.39 is 0 Å². The van der Waals surface area contributed by atoms with Gasteiger partial charge < -0.3 is 4.57 Å². The lowest BCUT2D eigenvalue weighted by Crippen LogP contribution is -2.20. The molecule has 0 fully saturated rings. The van der Waals surface area contributed by atoms with E-state index in [4.69, 9.17) is 0 Å². The lowest BCUT2D eigenvalue weighted by atomic mass is 9.87. The smallest absolute Gasteiger partial charge is 0.250 e. The van der Waals surface area contributed by atoms with Gasteiger partial charge in [-0.2, -0.15) is 5.10 Å². The molecule has 0 aliphatic carbocycles. The quantitative estimate of drug-likeness (QED) is 0.331. The molecule has 31 heavy (non-hydrogen) atoms. The Bertz CT molecular complexity index is 1070. The molecular weight excluding hydrogens is 413 g/mol. The van der Waals surface area contributed by atoms with E-state index in [0.717, 1.165) is 11.4 Å². The van der Waals surface area contributed by atoms with Crippen LogP contribution in [0.1, 0.15) is 38.8 Å². The largest absolute Gasteiger partial charge is 0.302 e. The Kier molecular flexibility index (Phi) is 7.22. The number of thioether (sulfide) groups is 1. The molecule has 0 aliphatic heterocycles. The van der Waals surface area contributed by atoms with Gasteiger partial charge in [-0.05, 0) is 35.6 Å². The molecule has 1 N–H and O–H groups in total. The van der Waals surface area contributed by atoms with Crippen molar-refractivity contribution in [3.05, 3.63) is 65.5 Å². The summed E-state index contributed by atoms with van der Waals surface area (Å²) in [4.78, 5) is 12.1. The van der Waals surface area contributed by atoms with Crippen LogP contribution in [0, 0.1) is 5.82 Å². The van der Waals surface area contributed by atoms with Crippen molar-refractivity contribution in [1.29, 1.82) is 0 Å². The molecule has 0 atom stereocenters. The molecule has 2 aromatic carbocycles. The Morgan fingerprint density at radius 1 is 1.19 bits per heavy atom. The Balaban J connectivity index is 1.62. The van der Waals surface area contributed by atoms with Gasteiger partial charge in [-0.15, -0.1) is 10.2 Å². The zero-order valence-electron chi connectivity index (χ0n) is 18.1. The molecule has 0 radical (unpaired) electrons. The fraction of sp³-hybridized carbons (Fsp3) is 0.304. The Hall–Kier alpha value is -3.00. The second-order valence-electron chi connectivity index (χ2n) is 8.01. The summed E-state index contributed by atoms with van der Waals surface area (Å²) < 4.78 is 15.1. The van der Waals surface area contributed by atoms with Crippen LogP contribution in [0.25, 0.3) is 11.4 Å². The number of amides is 1. The first kappa shape index (κ1) is 22.7. The maximum atomic E-state index is 13.2. The monoisotopic (exact) mass is 439 g/mol. The molecule has 0 unspecified atom stereocenters. The van der Waals surface area contributed by atoms with Crippen molar-refractivity contribution in [2.75, 3.05) is 5.75 Å². The van der Waals surface area contributed by atoms with Gasteiger partial charge in [0.05, 0.1) is 12.0 Å². The van der Waals surface area contributed by atoms with E-state index in [1.165, 1.54) is 35.7 Å². The molecule has 1 amide bonds. The molecule has 0 saturated carbocycles. The van der Waals surface area contributed by atoms with Crippen LogP contribution >= 0.6 is 11.8 Å². The minimum absolute atomic E-state index is 0.0858. The van der Waals surface area contributed by atoms with E-state index in [2.05, 4.69) is 65.8 Å². The SMILES string of the molecule is CCn1c(SCC(=O)N/N=C\c2cccc(F)c2)nnc1-c1ccc(C(C)(C)C)cc1. The number of carbonyl (C=O) groups excluding carboxylic acids is 1. The van der Waals surface area contributed by atoms with E-state index in [1.54, 1.807) is 12.1 Å². The maximum Gasteiger partial charge on any atom is 0.250 e. The molecule has 0 spiro atoms. The Labute approximate surface area is 186 Å². The third-order valence-corrected chi connectivity index (χ3v) is 5.59. The maximum absolute atomic E-state index is 13.2. The molecule has 0 bridgehead atoms. The number of hydrazone groups is 1. The first-order valence-electron chi connectivity index (χ1n) is 10.0. The van der Waals surface area contributed by atoms with Crippen LogP contribution in [0.2, 0.25) is 0 Å². The minimum atomic E-state index is -0.353. The van der Waals surface area contributed by atoms with Gasteiger partial charge >= 0.3 is 0 Å². The van der Waals surface area contributed by atoms with Crippen molar-refractivity contribution in [2.24, 2.45) is 5.10 Å². The minimum Gasteiger partial charge on any atom is -0.302 e. The van der Waals surface area contributed by atoms with E-state index in [9.17, 15) is 9.18 Å². The van der Waals surface area contributed by atoms with Crippen LogP contribution in [0.3, 0.4) is 0 Å². The number of rotatable bonds is 7. The molecule has 6 nitrogen and oxygen atoms in total. The number of halogens is 1. The second-order valence-corrected chi connectivity index (χ2v) is 8.96. The summed E-state index contributed by atoms with van der Waals surface area (Å²) in [5, 5.41) is 13.1. The Morgan fingerprint density at radius 3 is 2.58 bits per heavy atom. The van der Waals surface area contributed by atoms with Gasteiger partial charge in [-0.25, -0.2) is 9.82 Å². The highest BCUT2D eigenvalue weighted by molar-refractivity contribution is 7.99. The van der Waals surface area contributed by atoms with E-state index in [0.29, 0.717) is 17.3 Å². The molecule has 162 valence electrons. The zero-order chi connectivity index (χ0) is 22.4. The lowest BCUT2D eigenvalue weighted by molar-refractivity contribution is -0.118. The van der Waals surface area contributed by atoms with Gasteiger partial charge in [-0.3, -0.25) is 4.79 Å². The summed E-state index contributed by atoms with van der Waals surface area (Å²) in [6.07, 6.45) is 1.40. The average molecular weight is 440 g/mol.